The Morgan fingerprint density at radius 1 is 0.700 bits per heavy atom. The van der Waals surface area contributed by atoms with E-state index in [1.807, 2.05) is 61.5 Å². The molecular weight excluding hydrogens is 376 g/mol. The van der Waals surface area contributed by atoms with Gasteiger partial charge < -0.3 is 19.7 Å². The molecule has 0 unspecified atom stereocenters. The predicted octanol–water partition coefficient (Wildman–Crippen LogP) is 4.42. The van der Waals surface area contributed by atoms with Crippen LogP contribution in [0.4, 0.5) is 0 Å². The van der Waals surface area contributed by atoms with Gasteiger partial charge in [-0.05, 0) is 23.6 Å². The van der Waals surface area contributed by atoms with Crippen LogP contribution in [0.15, 0.2) is 78.9 Å². The number of methoxy groups -OCH3 is 2. The minimum absolute atomic E-state index is 0.142. The summed E-state index contributed by atoms with van der Waals surface area (Å²) in [6.07, 6.45) is 0.477. The van der Waals surface area contributed by atoms with Crippen LogP contribution in [0, 0.1) is 5.41 Å². The van der Waals surface area contributed by atoms with E-state index in [0.717, 1.165) is 16.7 Å². The molecule has 0 spiro atoms. The van der Waals surface area contributed by atoms with Crippen LogP contribution in [0.2, 0.25) is 0 Å². The molecule has 0 atom stereocenters. The van der Waals surface area contributed by atoms with Crippen molar-refractivity contribution in [1.82, 2.24) is 0 Å². The lowest BCUT2D eigenvalue weighted by Gasteiger charge is -2.42. The van der Waals surface area contributed by atoms with E-state index in [-0.39, 0.29) is 13.2 Å². The van der Waals surface area contributed by atoms with Gasteiger partial charge in [0.05, 0.1) is 27.4 Å². The molecule has 0 aliphatic heterocycles. The van der Waals surface area contributed by atoms with Gasteiger partial charge in [-0.2, -0.15) is 0 Å². The van der Waals surface area contributed by atoms with Crippen molar-refractivity contribution in [3.63, 3.8) is 0 Å². The Labute approximate surface area is 178 Å². The summed E-state index contributed by atoms with van der Waals surface area (Å²) in [7, 11) is 3.26. The highest BCUT2D eigenvalue weighted by atomic mass is 16.5. The minimum atomic E-state index is -0.722. The highest BCUT2D eigenvalue weighted by molar-refractivity contribution is 5.59. The molecule has 0 amide bonds. The highest BCUT2D eigenvalue weighted by Crippen LogP contribution is 2.51. The summed E-state index contributed by atoms with van der Waals surface area (Å²) >= 11 is 0. The lowest BCUT2D eigenvalue weighted by Crippen LogP contribution is -2.40. The first-order valence-corrected chi connectivity index (χ1v) is 10.1. The fraction of sp³-hybridized carbons (Fsp3) is 0.308. The Kier molecular flexibility index (Phi) is 6.80. The molecule has 0 fully saturated rings. The van der Waals surface area contributed by atoms with Gasteiger partial charge in [-0.25, -0.2) is 0 Å². The number of hydrogen-bond donors (Lipinski definition) is 2. The molecule has 0 radical (unpaired) electrons. The Bertz CT molecular complexity index is 894. The van der Waals surface area contributed by atoms with E-state index in [1.165, 1.54) is 0 Å². The average molecular weight is 407 g/mol. The van der Waals surface area contributed by atoms with Crippen LogP contribution in [-0.4, -0.2) is 37.6 Å². The number of aliphatic hydroxyl groups is 2. The molecule has 3 aromatic rings. The van der Waals surface area contributed by atoms with E-state index in [1.54, 1.807) is 14.2 Å². The van der Waals surface area contributed by atoms with Crippen molar-refractivity contribution in [2.24, 2.45) is 5.41 Å². The molecule has 0 bridgehead atoms. The van der Waals surface area contributed by atoms with Crippen molar-refractivity contribution in [2.75, 3.05) is 27.4 Å². The van der Waals surface area contributed by atoms with Crippen molar-refractivity contribution < 1.29 is 19.7 Å². The summed E-state index contributed by atoms with van der Waals surface area (Å²) < 4.78 is 11.5. The molecule has 158 valence electrons. The van der Waals surface area contributed by atoms with Crippen molar-refractivity contribution in [3.8, 4) is 11.5 Å². The lowest BCUT2D eigenvalue weighted by atomic mass is 9.61. The number of hydrogen-bond acceptors (Lipinski definition) is 4. The molecule has 3 rings (SSSR count). The van der Waals surface area contributed by atoms with Crippen LogP contribution in [0.25, 0.3) is 0 Å². The van der Waals surface area contributed by atoms with Crippen LogP contribution in [0.1, 0.15) is 30.0 Å². The van der Waals surface area contributed by atoms with Crippen LogP contribution in [-0.2, 0) is 5.41 Å². The predicted molar refractivity (Wildman–Crippen MR) is 119 cm³/mol. The molecule has 0 aliphatic rings. The normalized spacial score (nSPS) is 11.9. The second-order valence-electron chi connectivity index (χ2n) is 7.98. The fourth-order valence-corrected chi connectivity index (χ4v) is 4.25. The van der Waals surface area contributed by atoms with Crippen molar-refractivity contribution in [1.29, 1.82) is 0 Å². The minimum Gasteiger partial charge on any atom is -0.493 e. The number of benzene rings is 3. The second-order valence-corrected chi connectivity index (χ2v) is 7.98. The van der Waals surface area contributed by atoms with Gasteiger partial charge in [0.1, 0.15) is 0 Å². The molecule has 0 aromatic heterocycles. The summed E-state index contributed by atoms with van der Waals surface area (Å²) in [6.45, 7) is 1.62. The maximum Gasteiger partial charge on any atom is 0.165 e. The van der Waals surface area contributed by atoms with E-state index in [4.69, 9.17) is 9.47 Å². The van der Waals surface area contributed by atoms with Gasteiger partial charge in [-0.15, -0.1) is 0 Å². The second kappa shape index (κ2) is 9.33. The highest BCUT2D eigenvalue weighted by Gasteiger charge is 2.44. The first kappa shape index (κ1) is 21.9. The number of ether oxygens (including phenoxy) is 2. The molecule has 4 nitrogen and oxygen atoms in total. The quantitative estimate of drug-likeness (QED) is 0.517. The van der Waals surface area contributed by atoms with Gasteiger partial charge in [0.2, 0.25) is 0 Å². The van der Waals surface area contributed by atoms with Gasteiger partial charge >= 0.3 is 0 Å². The van der Waals surface area contributed by atoms with Gasteiger partial charge in [0.25, 0.3) is 0 Å². The van der Waals surface area contributed by atoms with Crippen LogP contribution >= 0.6 is 0 Å². The van der Waals surface area contributed by atoms with E-state index < -0.39 is 10.8 Å². The van der Waals surface area contributed by atoms with E-state index in [9.17, 15) is 10.2 Å². The molecular formula is C26H30O4. The maximum absolute atomic E-state index is 10.2. The van der Waals surface area contributed by atoms with Gasteiger partial charge in [-0.1, -0.05) is 79.7 Å². The third-order valence-electron chi connectivity index (χ3n) is 5.85. The van der Waals surface area contributed by atoms with Crippen LogP contribution in [0.3, 0.4) is 0 Å². The molecule has 0 heterocycles. The van der Waals surface area contributed by atoms with Crippen LogP contribution in [0.5, 0.6) is 11.5 Å². The molecule has 30 heavy (non-hydrogen) atoms. The molecule has 0 saturated heterocycles. The topological polar surface area (TPSA) is 58.9 Å². The van der Waals surface area contributed by atoms with E-state index >= 15 is 0 Å². The zero-order valence-electron chi connectivity index (χ0n) is 17.8. The molecule has 4 heteroatoms. The van der Waals surface area contributed by atoms with Crippen molar-refractivity contribution in [2.45, 2.75) is 18.8 Å². The Balaban J connectivity index is 2.44. The average Bonchev–Trinajstić information content (AvgIpc) is 2.83. The first-order valence-electron chi connectivity index (χ1n) is 10.1. The standard InChI is InChI=1S/C26H30O4/c1-25(18-27,19-28)17-26(20-11-6-4-7-12-20,21-13-8-5-9-14-21)22-15-10-16-23(29-2)24(22)30-3/h4-16,27-28H,17-19H2,1-3H3. The Morgan fingerprint density at radius 3 is 1.67 bits per heavy atom. The summed E-state index contributed by atoms with van der Waals surface area (Å²) in [5, 5.41) is 20.4. The van der Waals surface area contributed by atoms with Crippen molar-refractivity contribution in [3.05, 3.63) is 95.6 Å². The number of para-hydroxylation sites is 1. The first-order chi connectivity index (χ1) is 14.5. The Morgan fingerprint density at radius 2 is 1.23 bits per heavy atom. The SMILES string of the molecule is COc1cccc(C(CC(C)(CO)CO)(c2ccccc2)c2ccccc2)c1OC. The van der Waals surface area contributed by atoms with Gasteiger partial charge in [0.15, 0.2) is 11.5 Å². The smallest absolute Gasteiger partial charge is 0.165 e. The summed E-state index contributed by atoms with van der Waals surface area (Å²) in [5.74, 6) is 1.28. The fourth-order valence-electron chi connectivity index (χ4n) is 4.25. The summed E-state index contributed by atoms with van der Waals surface area (Å²) in [4.78, 5) is 0. The van der Waals surface area contributed by atoms with Crippen LogP contribution < -0.4 is 9.47 Å². The van der Waals surface area contributed by atoms with Gasteiger partial charge in [-0.3, -0.25) is 0 Å². The number of aliphatic hydroxyl groups excluding tert-OH is 2. The zero-order valence-corrected chi connectivity index (χ0v) is 17.8. The Hall–Kier alpha value is -2.82. The van der Waals surface area contributed by atoms with E-state index in [2.05, 4.69) is 24.3 Å². The van der Waals surface area contributed by atoms with Crippen molar-refractivity contribution >= 4 is 0 Å². The zero-order chi connectivity index (χ0) is 21.6. The molecule has 2 N–H and O–H groups in total. The molecule has 0 aliphatic carbocycles. The monoisotopic (exact) mass is 406 g/mol. The largest absolute Gasteiger partial charge is 0.493 e. The third kappa shape index (κ3) is 3.93. The summed E-state index contributed by atoms with van der Waals surface area (Å²) in [6, 6.07) is 26.2. The molecule has 0 saturated carbocycles. The third-order valence-corrected chi connectivity index (χ3v) is 5.85. The lowest BCUT2D eigenvalue weighted by molar-refractivity contribution is 0.0512. The maximum atomic E-state index is 10.2. The summed E-state index contributed by atoms with van der Waals surface area (Å²) in [5.41, 5.74) is 1.63. The molecule has 3 aromatic carbocycles. The van der Waals surface area contributed by atoms with E-state index in [0.29, 0.717) is 17.9 Å². The van der Waals surface area contributed by atoms with Gasteiger partial charge in [0, 0.05) is 16.4 Å². The number of rotatable bonds is 9.